The third-order valence-electron chi connectivity index (χ3n) is 6.30. The molecule has 2 aromatic rings. The van der Waals surface area contributed by atoms with E-state index in [0.29, 0.717) is 0 Å². The van der Waals surface area contributed by atoms with Gasteiger partial charge in [-0.25, -0.2) is 0 Å². The maximum atomic E-state index is 12.2. The maximum absolute atomic E-state index is 12.2. The predicted octanol–water partition coefficient (Wildman–Crippen LogP) is 3.92. The molecule has 1 fully saturated rings. The zero-order valence-electron chi connectivity index (χ0n) is 19.4. The molecule has 5 heteroatoms. The van der Waals surface area contributed by atoms with Gasteiger partial charge in [-0.3, -0.25) is 9.79 Å². The summed E-state index contributed by atoms with van der Waals surface area (Å²) < 4.78 is 0. The zero-order valence-corrected chi connectivity index (χ0v) is 19.4. The predicted molar refractivity (Wildman–Crippen MR) is 129 cm³/mol. The lowest BCUT2D eigenvalue weighted by Crippen LogP contribution is -2.45. The van der Waals surface area contributed by atoms with Crippen molar-refractivity contribution in [3.63, 3.8) is 0 Å². The van der Waals surface area contributed by atoms with E-state index in [1.165, 1.54) is 36.8 Å². The largest absolute Gasteiger partial charge is 0.356 e. The quantitative estimate of drug-likeness (QED) is 0.527. The summed E-state index contributed by atoms with van der Waals surface area (Å²) in [5.41, 5.74) is 4.82. The van der Waals surface area contributed by atoms with Crippen LogP contribution in [-0.2, 0) is 11.8 Å². The lowest BCUT2D eigenvalue weighted by Gasteiger charge is -2.31. The van der Waals surface area contributed by atoms with Crippen LogP contribution >= 0.6 is 0 Å². The van der Waals surface area contributed by atoms with Crippen molar-refractivity contribution in [1.29, 1.82) is 0 Å². The standard InChI is InChI=1S/C26H36N4O/c1-20-9-7-12-23(17-20)26(14-5-6-15-26)19-29-25(27-2)28-16-13-21-10-8-11-22(18-21)24(31)30(3)4/h7-12,17-18H,5-6,13-16,19H2,1-4H3,(H2,27,28,29). The second kappa shape index (κ2) is 10.5. The minimum absolute atomic E-state index is 0.0327. The number of hydrogen-bond donors (Lipinski definition) is 2. The lowest BCUT2D eigenvalue weighted by atomic mass is 9.78. The molecule has 1 amide bonds. The smallest absolute Gasteiger partial charge is 0.253 e. The second-order valence-electron chi connectivity index (χ2n) is 8.86. The molecule has 0 atom stereocenters. The Morgan fingerprint density at radius 1 is 1.06 bits per heavy atom. The molecule has 0 saturated heterocycles. The van der Waals surface area contributed by atoms with Gasteiger partial charge in [-0.05, 0) is 49.4 Å². The van der Waals surface area contributed by atoms with Crippen LogP contribution < -0.4 is 10.6 Å². The van der Waals surface area contributed by atoms with Crippen LogP contribution in [0.2, 0.25) is 0 Å². The average Bonchev–Trinajstić information content (AvgIpc) is 3.26. The van der Waals surface area contributed by atoms with E-state index in [1.54, 1.807) is 19.0 Å². The molecule has 1 aliphatic rings. The molecule has 2 N–H and O–H groups in total. The van der Waals surface area contributed by atoms with Crippen LogP contribution in [0.3, 0.4) is 0 Å². The summed E-state index contributed by atoms with van der Waals surface area (Å²) in [4.78, 5) is 18.2. The van der Waals surface area contributed by atoms with Gasteiger partial charge in [-0.2, -0.15) is 0 Å². The van der Waals surface area contributed by atoms with Crippen molar-refractivity contribution >= 4 is 11.9 Å². The Balaban J connectivity index is 1.56. The third-order valence-corrected chi connectivity index (χ3v) is 6.30. The normalized spacial score (nSPS) is 15.5. The van der Waals surface area contributed by atoms with E-state index in [0.717, 1.165) is 36.6 Å². The molecule has 0 bridgehead atoms. The molecule has 0 unspecified atom stereocenters. The zero-order chi connectivity index (χ0) is 22.3. The van der Waals surface area contributed by atoms with Crippen LogP contribution in [0.15, 0.2) is 53.5 Å². The van der Waals surface area contributed by atoms with Crippen LogP contribution in [0, 0.1) is 6.92 Å². The summed E-state index contributed by atoms with van der Waals surface area (Å²) in [6.45, 7) is 3.82. The molecule has 0 aromatic heterocycles. The van der Waals surface area contributed by atoms with Crippen molar-refractivity contribution < 1.29 is 4.79 Å². The van der Waals surface area contributed by atoms with E-state index in [-0.39, 0.29) is 11.3 Å². The average molecular weight is 421 g/mol. The number of hydrogen-bond acceptors (Lipinski definition) is 2. The van der Waals surface area contributed by atoms with Crippen molar-refractivity contribution in [1.82, 2.24) is 15.5 Å². The second-order valence-corrected chi connectivity index (χ2v) is 8.86. The molecule has 166 valence electrons. The highest BCUT2D eigenvalue weighted by atomic mass is 16.2. The Labute approximate surface area is 187 Å². The van der Waals surface area contributed by atoms with Gasteiger partial charge in [0.25, 0.3) is 5.91 Å². The Bertz CT molecular complexity index is 913. The van der Waals surface area contributed by atoms with Crippen molar-refractivity contribution in [2.24, 2.45) is 4.99 Å². The van der Waals surface area contributed by atoms with Crippen LogP contribution in [0.1, 0.15) is 52.7 Å². The van der Waals surface area contributed by atoms with Crippen LogP contribution in [0.5, 0.6) is 0 Å². The maximum Gasteiger partial charge on any atom is 0.253 e. The van der Waals surface area contributed by atoms with E-state index >= 15 is 0 Å². The fourth-order valence-corrected chi connectivity index (χ4v) is 4.51. The molecule has 1 aliphatic carbocycles. The number of rotatable bonds is 7. The van der Waals surface area contributed by atoms with Gasteiger partial charge in [0, 0.05) is 45.2 Å². The Morgan fingerprint density at radius 2 is 1.81 bits per heavy atom. The van der Waals surface area contributed by atoms with E-state index in [9.17, 15) is 4.79 Å². The Hall–Kier alpha value is -2.82. The summed E-state index contributed by atoms with van der Waals surface area (Å²) in [6.07, 6.45) is 5.83. The molecule has 0 spiro atoms. The first-order chi connectivity index (χ1) is 14.9. The summed E-state index contributed by atoms with van der Waals surface area (Å²) >= 11 is 0. The van der Waals surface area contributed by atoms with Crippen molar-refractivity contribution in [2.45, 2.75) is 44.4 Å². The van der Waals surface area contributed by atoms with Gasteiger partial charge >= 0.3 is 0 Å². The van der Waals surface area contributed by atoms with E-state index in [4.69, 9.17) is 0 Å². The first-order valence-electron chi connectivity index (χ1n) is 11.3. The number of nitrogens with zero attached hydrogens (tertiary/aromatic N) is 2. The number of aliphatic imine (C=N–C) groups is 1. The molecule has 1 saturated carbocycles. The van der Waals surface area contributed by atoms with Gasteiger partial charge in [-0.1, -0.05) is 54.8 Å². The van der Waals surface area contributed by atoms with E-state index < -0.39 is 0 Å². The van der Waals surface area contributed by atoms with E-state index in [1.807, 2.05) is 25.2 Å². The van der Waals surface area contributed by atoms with E-state index in [2.05, 4.69) is 52.9 Å². The van der Waals surface area contributed by atoms with Crippen molar-refractivity contribution in [3.8, 4) is 0 Å². The molecular weight excluding hydrogens is 384 g/mol. The summed E-state index contributed by atoms with van der Waals surface area (Å²) in [5.74, 6) is 0.866. The van der Waals surface area contributed by atoms with Crippen LogP contribution in [0.25, 0.3) is 0 Å². The minimum atomic E-state index is 0.0327. The SMILES string of the molecule is CN=C(NCCc1cccc(C(=O)N(C)C)c1)NCC1(c2cccc(C)c2)CCCC1. The van der Waals surface area contributed by atoms with Crippen molar-refractivity contribution in [3.05, 3.63) is 70.8 Å². The number of amides is 1. The fraction of sp³-hybridized carbons (Fsp3) is 0.462. The molecule has 2 aromatic carbocycles. The highest BCUT2D eigenvalue weighted by Gasteiger charge is 2.35. The highest BCUT2D eigenvalue weighted by molar-refractivity contribution is 5.94. The lowest BCUT2D eigenvalue weighted by molar-refractivity contribution is 0.0827. The number of nitrogens with one attached hydrogen (secondary N) is 2. The summed E-state index contributed by atoms with van der Waals surface area (Å²) in [7, 11) is 5.37. The van der Waals surface area contributed by atoms with Gasteiger partial charge in [0.15, 0.2) is 5.96 Å². The van der Waals surface area contributed by atoms with Crippen LogP contribution in [-0.4, -0.2) is 51.0 Å². The number of carbonyl (C=O) groups is 1. The third kappa shape index (κ3) is 5.87. The molecule has 31 heavy (non-hydrogen) atoms. The number of benzene rings is 2. The molecule has 0 radical (unpaired) electrons. The van der Waals surface area contributed by atoms with Gasteiger partial charge in [0.2, 0.25) is 0 Å². The van der Waals surface area contributed by atoms with Gasteiger partial charge < -0.3 is 15.5 Å². The minimum Gasteiger partial charge on any atom is -0.356 e. The molecule has 3 rings (SSSR count). The molecular formula is C26H36N4O. The van der Waals surface area contributed by atoms with Crippen LogP contribution in [0.4, 0.5) is 0 Å². The first kappa shape index (κ1) is 22.9. The Kier molecular flexibility index (Phi) is 7.72. The monoisotopic (exact) mass is 420 g/mol. The summed E-state index contributed by atoms with van der Waals surface area (Å²) in [6, 6.07) is 16.8. The number of aryl methyl sites for hydroxylation is 1. The molecule has 0 aliphatic heterocycles. The first-order valence-corrected chi connectivity index (χ1v) is 11.3. The van der Waals surface area contributed by atoms with Gasteiger partial charge in [0.1, 0.15) is 0 Å². The topological polar surface area (TPSA) is 56.7 Å². The number of carbonyl (C=O) groups excluding carboxylic acids is 1. The van der Waals surface area contributed by atoms with Gasteiger partial charge in [-0.15, -0.1) is 0 Å². The van der Waals surface area contributed by atoms with Gasteiger partial charge in [0.05, 0.1) is 0 Å². The highest BCUT2D eigenvalue weighted by Crippen LogP contribution is 2.40. The fourth-order valence-electron chi connectivity index (χ4n) is 4.51. The molecule has 5 nitrogen and oxygen atoms in total. The molecule has 0 heterocycles. The number of guanidine groups is 1. The van der Waals surface area contributed by atoms with Crippen molar-refractivity contribution in [2.75, 3.05) is 34.2 Å². The Morgan fingerprint density at radius 3 is 2.48 bits per heavy atom. The summed E-state index contributed by atoms with van der Waals surface area (Å²) in [5, 5.41) is 7.02.